The standard InChI is InChI=1S/C14H19FN2O3/c1-3-9(2)12(13(18)19)17-14(20)16-8-10-6-4-5-7-11(10)15/h4-7,9,12H,3,8H2,1-2H3,(H,18,19)(H2,16,17,20)/p-1/t9-,12+/m1/s1. The highest BCUT2D eigenvalue weighted by Crippen LogP contribution is 2.07. The number of urea groups is 1. The van der Waals surface area contributed by atoms with Gasteiger partial charge in [0.15, 0.2) is 0 Å². The molecule has 0 aliphatic carbocycles. The van der Waals surface area contributed by atoms with Gasteiger partial charge >= 0.3 is 6.03 Å². The van der Waals surface area contributed by atoms with E-state index in [4.69, 9.17) is 0 Å². The van der Waals surface area contributed by atoms with E-state index >= 15 is 0 Å². The topological polar surface area (TPSA) is 81.3 Å². The highest BCUT2D eigenvalue weighted by Gasteiger charge is 2.19. The maximum absolute atomic E-state index is 13.3. The quantitative estimate of drug-likeness (QED) is 0.809. The molecule has 5 nitrogen and oxygen atoms in total. The Labute approximate surface area is 117 Å². The van der Waals surface area contributed by atoms with Gasteiger partial charge < -0.3 is 20.5 Å². The van der Waals surface area contributed by atoms with E-state index in [1.54, 1.807) is 25.1 Å². The lowest BCUT2D eigenvalue weighted by molar-refractivity contribution is -0.309. The first-order valence-corrected chi connectivity index (χ1v) is 6.44. The molecule has 0 heterocycles. The second-order valence-corrected chi connectivity index (χ2v) is 4.60. The van der Waals surface area contributed by atoms with Crippen LogP contribution in [0.5, 0.6) is 0 Å². The normalized spacial score (nSPS) is 13.3. The number of hydrogen-bond acceptors (Lipinski definition) is 3. The van der Waals surface area contributed by atoms with Crippen LogP contribution in [-0.2, 0) is 11.3 Å². The number of nitrogens with one attached hydrogen (secondary N) is 2. The summed E-state index contributed by atoms with van der Waals surface area (Å²) in [7, 11) is 0. The van der Waals surface area contributed by atoms with Crippen molar-refractivity contribution < 1.29 is 19.1 Å². The summed E-state index contributed by atoms with van der Waals surface area (Å²) in [6.07, 6.45) is 0.590. The first kappa shape index (κ1) is 15.9. The first-order valence-electron chi connectivity index (χ1n) is 6.44. The van der Waals surface area contributed by atoms with Gasteiger partial charge in [-0.15, -0.1) is 0 Å². The number of amides is 2. The number of carbonyl (C=O) groups excluding carboxylic acids is 2. The number of carboxylic acids is 1. The SMILES string of the molecule is CC[C@@H](C)[C@H](NC(=O)NCc1ccccc1F)C(=O)[O-]. The van der Waals surface area contributed by atoms with Crippen molar-refractivity contribution in [3.05, 3.63) is 35.6 Å². The first-order chi connectivity index (χ1) is 9.45. The minimum absolute atomic E-state index is 0.0151. The van der Waals surface area contributed by atoms with Crippen LogP contribution in [0.3, 0.4) is 0 Å². The molecule has 0 saturated carbocycles. The predicted molar refractivity (Wildman–Crippen MR) is 70.0 cm³/mol. The van der Waals surface area contributed by atoms with Gasteiger partial charge in [-0.25, -0.2) is 9.18 Å². The van der Waals surface area contributed by atoms with Gasteiger partial charge in [0, 0.05) is 12.1 Å². The molecule has 20 heavy (non-hydrogen) atoms. The second kappa shape index (κ2) is 7.47. The molecule has 0 unspecified atom stereocenters. The molecule has 0 fully saturated rings. The average Bonchev–Trinajstić information content (AvgIpc) is 2.42. The fraction of sp³-hybridized carbons (Fsp3) is 0.429. The number of benzene rings is 1. The minimum atomic E-state index is -1.33. The monoisotopic (exact) mass is 281 g/mol. The van der Waals surface area contributed by atoms with E-state index in [0.717, 1.165) is 0 Å². The lowest BCUT2D eigenvalue weighted by atomic mass is 9.99. The summed E-state index contributed by atoms with van der Waals surface area (Å²) in [6.45, 7) is 3.51. The van der Waals surface area contributed by atoms with Gasteiger partial charge in [0.1, 0.15) is 5.82 Å². The molecule has 0 aliphatic heterocycles. The lowest BCUT2D eigenvalue weighted by Gasteiger charge is -2.25. The van der Waals surface area contributed by atoms with E-state index < -0.39 is 23.9 Å². The summed E-state index contributed by atoms with van der Waals surface area (Å²) in [6, 6.07) is 4.30. The second-order valence-electron chi connectivity index (χ2n) is 4.60. The third-order valence-electron chi connectivity index (χ3n) is 3.15. The fourth-order valence-corrected chi connectivity index (χ4v) is 1.68. The molecule has 2 amide bonds. The molecule has 0 saturated heterocycles. The Kier molecular flexibility index (Phi) is 5.96. The van der Waals surface area contributed by atoms with Crippen molar-refractivity contribution in [2.45, 2.75) is 32.9 Å². The Morgan fingerprint density at radius 2 is 2.00 bits per heavy atom. The molecule has 6 heteroatoms. The summed E-state index contributed by atoms with van der Waals surface area (Å²) in [5, 5.41) is 15.7. The zero-order valence-electron chi connectivity index (χ0n) is 11.5. The number of hydrogen-bond donors (Lipinski definition) is 2. The summed E-state index contributed by atoms with van der Waals surface area (Å²) in [5.74, 6) is -2.01. The molecule has 0 bridgehead atoms. The van der Waals surface area contributed by atoms with E-state index in [1.807, 2.05) is 6.92 Å². The third-order valence-corrected chi connectivity index (χ3v) is 3.15. The Bertz CT molecular complexity index is 479. The Morgan fingerprint density at radius 3 is 2.55 bits per heavy atom. The van der Waals surface area contributed by atoms with Gasteiger partial charge in [0.25, 0.3) is 0 Å². The molecule has 1 rings (SSSR count). The molecular formula is C14H18FN2O3-. The molecule has 2 atom stereocenters. The summed E-state index contributed by atoms with van der Waals surface area (Å²) < 4.78 is 13.3. The number of rotatable bonds is 6. The maximum atomic E-state index is 13.3. The molecule has 2 N–H and O–H groups in total. The van der Waals surface area contributed by atoms with E-state index in [1.165, 1.54) is 6.07 Å². The highest BCUT2D eigenvalue weighted by atomic mass is 19.1. The van der Waals surface area contributed by atoms with E-state index in [2.05, 4.69) is 10.6 Å². The van der Waals surface area contributed by atoms with Crippen molar-refractivity contribution in [3.63, 3.8) is 0 Å². The van der Waals surface area contributed by atoms with Gasteiger partial charge in [0.05, 0.1) is 12.0 Å². The highest BCUT2D eigenvalue weighted by molar-refractivity contribution is 5.81. The fourth-order valence-electron chi connectivity index (χ4n) is 1.68. The lowest BCUT2D eigenvalue weighted by Crippen LogP contribution is -2.53. The molecule has 0 radical (unpaired) electrons. The van der Waals surface area contributed by atoms with E-state index in [0.29, 0.717) is 12.0 Å². The number of carbonyl (C=O) groups is 2. The number of halogens is 1. The van der Waals surface area contributed by atoms with Crippen molar-refractivity contribution in [1.82, 2.24) is 10.6 Å². The van der Waals surface area contributed by atoms with Crippen LogP contribution >= 0.6 is 0 Å². The smallest absolute Gasteiger partial charge is 0.315 e. The van der Waals surface area contributed by atoms with Crippen LogP contribution in [0.4, 0.5) is 9.18 Å². The van der Waals surface area contributed by atoms with Crippen LogP contribution in [0, 0.1) is 11.7 Å². The zero-order chi connectivity index (χ0) is 15.1. The average molecular weight is 281 g/mol. The van der Waals surface area contributed by atoms with Gasteiger partial charge in [-0.05, 0) is 12.0 Å². The van der Waals surface area contributed by atoms with Crippen molar-refractivity contribution in [3.8, 4) is 0 Å². The van der Waals surface area contributed by atoms with Crippen LogP contribution in [0.25, 0.3) is 0 Å². The van der Waals surface area contributed by atoms with Crippen molar-refractivity contribution >= 4 is 12.0 Å². The van der Waals surface area contributed by atoms with Gasteiger partial charge in [0.2, 0.25) is 0 Å². The molecule has 1 aromatic carbocycles. The number of carboxylic acid groups (broad SMARTS) is 1. The molecule has 0 aromatic heterocycles. The zero-order valence-corrected chi connectivity index (χ0v) is 11.5. The molecule has 1 aromatic rings. The van der Waals surface area contributed by atoms with E-state index in [-0.39, 0.29) is 12.5 Å². The Morgan fingerprint density at radius 1 is 1.35 bits per heavy atom. The van der Waals surface area contributed by atoms with Crippen LogP contribution in [0.1, 0.15) is 25.8 Å². The van der Waals surface area contributed by atoms with Crippen molar-refractivity contribution in [2.75, 3.05) is 0 Å². The number of aliphatic carboxylic acids is 1. The van der Waals surface area contributed by atoms with Crippen molar-refractivity contribution in [1.29, 1.82) is 0 Å². The molecule has 110 valence electrons. The summed E-state index contributed by atoms with van der Waals surface area (Å²) in [4.78, 5) is 22.6. The van der Waals surface area contributed by atoms with Crippen LogP contribution in [0.15, 0.2) is 24.3 Å². The Balaban J connectivity index is 2.55. The van der Waals surface area contributed by atoms with E-state index in [9.17, 15) is 19.1 Å². The maximum Gasteiger partial charge on any atom is 0.315 e. The van der Waals surface area contributed by atoms with Crippen LogP contribution in [-0.4, -0.2) is 18.0 Å². The molecule has 0 aliphatic rings. The summed E-state index contributed by atoms with van der Waals surface area (Å²) in [5.41, 5.74) is 0.330. The predicted octanol–water partition coefficient (Wildman–Crippen LogP) is 0.789. The van der Waals surface area contributed by atoms with Crippen LogP contribution in [0.2, 0.25) is 0 Å². The molecular weight excluding hydrogens is 263 g/mol. The van der Waals surface area contributed by atoms with Crippen LogP contribution < -0.4 is 15.7 Å². The largest absolute Gasteiger partial charge is 0.548 e. The van der Waals surface area contributed by atoms with Crippen molar-refractivity contribution in [2.24, 2.45) is 5.92 Å². The van der Waals surface area contributed by atoms with Gasteiger partial charge in [-0.1, -0.05) is 38.5 Å². The molecule has 0 spiro atoms. The third kappa shape index (κ3) is 4.53. The van der Waals surface area contributed by atoms with Gasteiger partial charge in [-0.3, -0.25) is 0 Å². The Hall–Kier alpha value is -2.11. The summed E-state index contributed by atoms with van der Waals surface area (Å²) >= 11 is 0. The van der Waals surface area contributed by atoms with Gasteiger partial charge in [-0.2, -0.15) is 0 Å². The minimum Gasteiger partial charge on any atom is -0.548 e.